The minimum Gasteiger partial charge on any atom is -0.497 e. The monoisotopic (exact) mass is 435 g/mol. The third-order valence-corrected chi connectivity index (χ3v) is 5.01. The van der Waals surface area contributed by atoms with E-state index in [9.17, 15) is 9.18 Å². The summed E-state index contributed by atoms with van der Waals surface area (Å²) in [7, 11) is 3.02. The van der Waals surface area contributed by atoms with Crippen LogP contribution in [0.25, 0.3) is 0 Å². The van der Waals surface area contributed by atoms with Crippen molar-refractivity contribution in [3.05, 3.63) is 64.1 Å². The molecule has 0 radical (unpaired) electrons. The first-order valence-electron chi connectivity index (χ1n) is 8.61. The number of carbonyl (C=O) groups is 1. The fourth-order valence-electron chi connectivity index (χ4n) is 3.09. The molecule has 1 aliphatic rings. The summed E-state index contributed by atoms with van der Waals surface area (Å²) in [6.45, 7) is 1.69. The minimum absolute atomic E-state index is 0.143. The number of rotatable bonds is 5. The Bertz CT molecular complexity index is 992. The van der Waals surface area contributed by atoms with E-state index in [4.69, 9.17) is 33.3 Å². The number of carbonyl (C=O) groups excluding carboxylic acids is 1. The summed E-state index contributed by atoms with van der Waals surface area (Å²) in [5.41, 5.74) is 1.32. The average Bonchev–Trinajstić information content (AvgIpc) is 2.67. The molecule has 6 nitrogen and oxygen atoms in total. The van der Waals surface area contributed by atoms with E-state index in [0.29, 0.717) is 22.9 Å². The van der Waals surface area contributed by atoms with Crippen LogP contribution in [0.4, 0.5) is 10.1 Å². The molecule has 0 spiro atoms. The van der Waals surface area contributed by atoms with Gasteiger partial charge in [-0.25, -0.2) is 4.39 Å². The first-order chi connectivity index (χ1) is 13.8. The Kier molecular flexibility index (Phi) is 6.24. The molecule has 29 heavy (non-hydrogen) atoms. The lowest BCUT2D eigenvalue weighted by Gasteiger charge is -2.31. The van der Waals surface area contributed by atoms with Gasteiger partial charge < -0.3 is 25.4 Å². The minimum atomic E-state index is -0.860. The molecule has 2 aromatic carbocycles. The number of ether oxygens (including phenoxy) is 2. The second-order valence-corrected chi connectivity index (χ2v) is 7.04. The van der Waals surface area contributed by atoms with E-state index in [1.54, 1.807) is 31.2 Å². The Labute approximate surface area is 178 Å². The molecule has 0 aliphatic carbocycles. The summed E-state index contributed by atoms with van der Waals surface area (Å²) in [5, 5.41) is 9.09. The van der Waals surface area contributed by atoms with E-state index >= 15 is 0 Å². The van der Waals surface area contributed by atoms with Gasteiger partial charge in [0, 0.05) is 22.3 Å². The number of benzene rings is 2. The van der Waals surface area contributed by atoms with Gasteiger partial charge in [0.1, 0.15) is 17.3 Å². The van der Waals surface area contributed by atoms with Crippen LogP contribution < -0.4 is 25.4 Å². The molecule has 0 aromatic heterocycles. The number of hydrogen-bond acceptors (Lipinski definition) is 4. The van der Waals surface area contributed by atoms with Gasteiger partial charge in [0.2, 0.25) is 0 Å². The Morgan fingerprint density at radius 3 is 2.66 bits per heavy atom. The SMILES string of the molecule is COc1ccc(NC(=O)C2=C(C)NC(=S)NC2c2c(F)cccc2Cl)c(OC)c1. The standard InChI is InChI=1S/C20H19ClFN3O3S/c1-10-16(19(26)24-14-8-7-11(27-2)9-15(14)28-3)18(25-20(29)23-10)17-12(21)5-4-6-13(17)22/h4-9,18H,1-3H3,(H,24,26)(H2,23,25,29). The van der Waals surface area contributed by atoms with Gasteiger partial charge in [-0.05, 0) is 43.4 Å². The first-order valence-corrected chi connectivity index (χ1v) is 9.40. The van der Waals surface area contributed by atoms with E-state index in [1.807, 2.05) is 0 Å². The molecule has 1 atom stereocenters. The Balaban J connectivity index is 2.01. The van der Waals surface area contributed by atoms with E-state index in [1.165, 1.54) is 26.4 Å². The third kappa shape index (κ3) is 4.28. The van der Waals surface area contributed by atoms with Crippen LogP contribution in [-0.4, -0.2) is 25.2 Å². The Morgan fingerprint density at radius 2 is 2.00 bits per heavy atom. The molecule has 1 unspecified atom stereocenters. The van der Waals surface area contributed by atoms with Gasteiger partial charge in [-0.15, -0.1) is 0 Å². The molecule has 1 heterocycles. The molecule has 0 saturated heterocycles. The highest BCUT2D eigenvalue weighted by Gasteiger charge is 2.33. The summed E-state index contributed by atoms with van der Waals surface area (Å²) in [6.07, 6.45) is 0. The van der Waals surface area contributed by atoms with Crippen molar-refractivity contribution in [2.75, 3.05) is 19.5 Å². The summed E-state index contributed by atoms with van der Waals surface area (Å²) < 4.78 is 25.1. The second-order valence-electron chi connectivity index (χ2n) is 6.23. The van der Waals surface area contributed by atoms with E-state index in [0.717, 1.165) is 0 Å². The molecular formula is C20H19ClFN3O3S. The van der Waals surface area contributed by atoms with Crippen molar-refractivity contribution in [1.82, 2.24) is 10.6 Å². The number of halogens is 2. The lowest BCUT2D eigenvalue weighted by molar-refractivity contribution is -0.113. The first kappa shape index (κ1) is 20.9. The predicted molar refractivity (Wildman–Crippen MR) is 114 cm³/mol. The number of anilines is 1. The molecule has 152 valence electrons. The zero-order valence-corrected chi connectivity index (χ0v) is 17.5. The smallest absolute Gasteiger partial charge is 0.255 e. The molecule has 0 bridgehead atoms. The number of allylic oxidation sites excluding steroid dienone is 1. The number of thiocarbonyl (C=S) groups is 1. The van der Waals surface area contributed by atoms with Crippen molar-refractivity contribution in [3.8, 4) is 11.5 Å². The van der Waals surface area contributed by atoms with Gasteiger partial charge >= 0.3 is 0 Å². The summed E-state index contributed by atoms with van der Waals surface area (Å²) in [4.78, 5) is 13.2. The normalized spacial score (nSPS) is 16.0. The van der Waals surface area contributed by atoms with Crippen molar-refractivity contribution in [2.45, 2.75) is 13.0 Å². The molecule has 0 saturated carbocycles. The maximum Gasteiger partial charge on any atom is 0.255 e. The van der Waals surface area contributed by atoms with Crippen LogP contribution in [0.15, 0.2) is 47.7 Å². The largest absolute Gasteiger partial charge is 0.497 e. The van der Waals surface area contributed by atoms with E-state index in [-0.39, 0.29) is 21.3 Å². The number of methoxy groups -OCH3 is 2. The van der Waals surface area contributed by atoms with Gasteiger partial charge in [-0.3, -0.25) is 4.79 Å². The lowest BCUT2D eigenvalue weighted by Crippen LogP contribution is -2.46. The summed E-state index contributed by atoms with van der Waals surface area (Å²) in [6, 6.07) is 8.48. The van der Waals surface area contributed by atoms with Crippen LogP contribution >= 0.6 is 23.8 Å². The molecule has 1 aliphatic heterocycles. The highest BCUT2D eigenvalue weighted by atomic mass is 35.5. The van der Waals surface area contributed by atoms with Gasteiger partial charge in [-0.2, -0.15) is 0 Å². The van der Waals surface area contributed by atoms with Crippen LogP contribution in [0.5, 0.6) is 11.5 Å². The van der Waals surface area contributed by atoms with Crippen LogP contribution in [0.3, 0.4) is 0 Å². The Hall–Kier alpha value is -2.84. The highest BCUT2D eigenvalue weighted by Crippen LogP contribution is 2.35. The fraction of sp³-hybridized carbons (Fsp3) is 0.200. The maximum atomic E-state index is 14.6. The van der Waals surface area contributed by atoms with Crippen molar-refractivity contribution in [2.24, 2.45) is 0 Å². The summed E-state index contributed by atoms with van der Waals surface area (Å²) >= 11 is 11.4. The van der Waals surface area contributed by atoms with Crippen molar-refractivity contribution >= 4 is 40.5 Å². The predicted octanol–water partition coefficient (Wildman–Crippen LogP) is 3.93. The van der Waals surface area contributed by atoms with Crippen LogP contribution in [0, 0.1) is 5.82 Å². The topological polar surface area (TPSA) is 71.6 Å². The van der Waals surface area contributed by atoms with Gasteiger partial charge in [-0.1, -0.05) is 17.7 Å². The van der Waals surface area contributed by atoms with Crippen LogP contribution in [-0.2, 0) is 4.79 Å². The molecule has 1 amide bonds. The lowest BCUT2D eigenvalue weighted by atomic mass is 9.94. The van der Waals surface area contributed by atoms with Gasteiger partial charge in [0.05, 0.1) is 31.5 Å². The molecular weight excluding hydrogens is 417 g/mol. The average molecular weight is 436 g/mol. The number of hydrogen-bond donors (Lipinski definition) is 3. The fourth-order valence-corrected chi connectivity index (χ4v) is 3.63. The molecule has 2 aromatic rings. The quantitative estimate of drug-likeness (QED) is 0.618. The van der Waals surface area contributed by atoms with Gasteiger partial charge in [0.15, 0.2) is 5.11 Å². The molecule has 3 rings (SSSR count). The maximum absolute atomic E-state index is 14.6. The van der Waals surface area contributed by atoms with Crippen LogP contribution in [0.1, 0.15) is 18.5 Å². The highest BCUT2D eigenvalue weighted by molar-refractivity contribution is 7.80. The van der Waals surface area contributed by atoms with E-state index < -0.39 is 17.8 Å². The zero-order valence-electron chi connectivity index (χ0n) is 15.9. The zero-order chi connectivity index (χ0) is 21.1. The number of nitrogens with one attached hydrogen (secondary N) is 3. The van der Waals surface area contributed by atoms with Gasteiger partial charge in [0.25, 0.3) is 5.91 Å². The van der Waals surface area contributed by atoms with Crippen molar-refractivity contribution in [1.29, 1.82) is 0 Å². The van der Waals surface area contributed by atoms with E-state index in [2.05, 4.69) is 16.0 Å². The summed E-state index contributed by atoms with van der Waals surface area (Å²) in [5.74, 6) is -0.00102. The molecule has 9 heteroatoms. The molecule has 3 N–H and O–H groups in total. The Morgan fingerprint density at radius 1 is 1.24 bits per heavy atom. The molecule has 0 fully saturated rings. The van der Waals surface area contributed by atoms with Crippen LogP contribution in [0.2, 0.25) is 5.02 Å². The second kappa shape index (κ2) is 8.67. The van der Waals surface area contributed by atoms with Crippen molar-refractivity contribution in [3.63, 3.8) is 0 Å². The third-order valence-electron chi connectivity index (χ3n) is 4.46. The number of amides is 1. The van der Waals surface area contributed by atoms with Crippen molar-refractivity contribution < 1.29 is 18.7 Å².